The SMILES string of the molecule is CNNC1=CCCc2c1[nH]c1ccc(C(=O)Nc3cccnc3)cc21. The predicted molar refractivity (Wildman–Crippen MR) is 99.0 cm³/mol. The summed E-state index contributed by atoms with van der Waals surface area (Å²) in [6, 6.07) is 9.37. The lowest BCUT2D eigenvalue weighted by molar-refractivity contribution is 0.102. The molecule has 1 amide bonds. The average Bonchev–Trinajstić information content (AvgIpc) is 3.02. The van der Waals surface area contributed by atoms with Gasteiger partial charge in [0, 0.05) is 29.7 Å². The van der Waals surface area contributed by atoms with Crippen molar-refractivity contribution in [2.75, 3.05) is 12.4 Å². The van der Waals surface area contributed by atoms with Crippen LogP contribution in [0, 0.1) is 0 Å². The molecule has 0 atom stereocenters. The van der Waals surface area contributed by atoms with Crippen molar-refractivity contribution in [3.05, 3.63) is 65.6 Å². The molecule has 2 aromatic heterocycles. The van der Waals surface area contributed by atoms with Gasteiger partial charge in [0.15, 0.2) is 0 Å². The molecule has 6 heteroatoms. The molecule has 0 bridgehead atoms. The first-order valence-corrected chi connectivity index (χ1v) is 8.25. The summed E-state index contributed by atoms with van der Waals surface area (Å²) in [5.41, 5.74) is 11.9. The maximum absolute atomic E-state index is 12.5. The first-order valence-electron chi connectivity index (χ1n) is 8.25. The fourth-order valence-electron chi connectivity index (χ4n) is 3.23. The van der Waals surface area contributed by atoms with E-state index < -0.39 is 0 Å². The highest BCUT2D eigenvalue weighted by Gasteiger charge is 2.19. The van der Waals surface area contributed by atoms with E-state index >= 15 is 0 Å². The van der Waals surface area contributed by atoms with Crippen LogP contribution in [0.4, 0.5) is 5.69 Å². The molecule has 0 fully saturated rings. The Kier molecular flexibility index (Phi) is 3.95. The number of hydrazine groups is 1. The number of amides is 1. The number of carbonyl (C=O) groups is 1. The van der Waals surface area contributed by atoms with E-state index in [9.17, 15) is 4.79 Å². The second-order valence-electron chi connectivity index (χ2n) is 5.97. The minimum atomic E-state index is -0.134. The van der Waals surface area contributed by atoms with E-state index in [-0.39, 0.29) is 5.91 Å². The molecule has 2 heterocycles. The van der Waals surface area contributed by atoms with Crippen molar-refractivity contribution < 1.29 is 4.79 Å². The molecule has 1 aromatic carbocycles. The summed E-state index contributed by atoms with van der Waals surface area (Å²) in [7, 11) is 1.85. The number of allylic oxidation sites excluding steroid dienone is 1. The van der Waals surface area contributed by atoms with Gasteiger partial charge in [0.25, 0.3) is 5.91 Å². The Labute approximate surface area is 145 Å². The Balaban J connectivity index is 1.69. The zero-order chi connectivity index (χ0) is 17.2. The fraction of sp³-hybridized carbons (Fsp3) is 0.158. The van der Waals surface area contributed by atoms with Crippen LogP contribution in [0.1, 0.15) is 28.0 Å². The lowest BCUT2D eigenvalue weighted by atomic mass is 9.98. The van der Waals surface area contributed by atoms with Gasteiger partial charge in [-0.05, 0) is 48.7 Å². The van der Waals surface area contributed by atoms with Gasteiger partial charge in [-0.2, -0.15) is 0 Å². The topological polar surface area (TPSA) is 81.8 Å². The number of anilines is 1. The molecule has 0 saturated heterocycles. The van der Waals surface area contributed by atoms with Crippen LogP contribution in [0.5, 0.6) is 0 Å². The van der Waals surface area contributed by atoms with E-state index in [1.807, 2.05) is 31.3 Å². The van der Waals surface area contributed by atoms with Crippen LogP contribution in [-0.2, 0) is 6.42 Å². The monoisotopic (exact) mass is 333 g/mol. The van der Waals surface area contributed by atoms with Gasteiger partial charge in [-0.25, -0.2) is 5.43 Å². The Morgan fingerprint density at radius 1 is 1.28 bits per heavy atom. The van der Waals surface area contributed by atoms with Crippen molar-refractivity contribution in [1.29, 1.82) is 0 Å². The molecule has 0 radical (unpaired) electrons. The summed E-state index contributed by atoms with van der Waals surface area (Å²) in [5.74, 6) is -0.134. The Hall–Kier alpha value is -3.12. The van der Waals surface area contributed by atoms with Gasteiger partial charge in [0.05, 0.1) is 23.3 Å². The maximum Gasteiger partial charge on any atom is 0.255 e. The molecule has 3 aromatic rings. The van der Waals surface area contributed by atoms with E-state index in [0.29, 0.717) is 11.3 Å². The third-order valence-corrected chi connectivity index (χ3v) is 4.36. The largest absolute Gasteiger partial charge is 0.353 e. The van der Waals surface area contributed by atoms with E-state index in [0.717, 1.165) is 35.1 Å². The zero-order valence-electron chi connectivity index (χ0n) is 13.9. The number of carbonyl (C=O) groups excluding carboxylic acids is 1. The normalized spacial score (nSPS) is 13.2. The zero-order valence-corrected chi connectivity index (χ0v) is 13.9. The standard InChI is InChI=1S/C19H19N5O/c1-20-24-17-6-2-5-14-15-10-12(7-8-16(15)23-18(14)17)19(25)22-13-4-3-9-21-11-13/h3-4,6-11,20,23-24H,2,5H2,1H3,(H,22,25). The van der Waals surface area contributed by atoms with Crippen molar-refractivity contribution in [3.8, 4) is 0 Å². The number of rotatable bonds is 4. The summed E-state index contributed by atoms with van der Waals surface area (Å²) in [6.45, 7) is 0. The highest BCUT2D eigenvalue weighted by Crippen LogP contribution is 2.31. The molecule has 1 aliphatic rings. The Morgan fingerprint density at radius 3 is 3.00 bits per heavy atom. The highest BCUT2D eigenvalue weighted by molar-refractivity contribution is 6.06. The summed E-state index contributed by atoms with van der Waals surface area (Å²) in [4.78, 5) is 20.0. The number of fused-ring (bicyclic) bond motifs is 3. The van der Waals surface area contributed by atoms with Gasteiger partial charge < -0.3 is 15.7 Å². The lowest BCUT2D eigenvalue weighted by Gasteiger charge is -2.15. The molecule has 4 rings (SSSR count). The van der Waals surface area contributed by atoms with Crippen molar-refractivity contribution in [2.45, 2.75) is 12.8 Å². The quantitative estimate of drug-likeness (QED) is 0.553. The molecular formula is C19H19N5O. The molecular weight excluding hydrogens is 314 g/mol. The minimum absolute atomic E-state index is 0.134. The van der Waals surface area contributed by atoms with Crippen LogP contribution in [0.2, 0.25) is 0 Å². The second kappa shape index (κ2) is 6.41. The molecule has 1 aliphatic carbocycles. The summed E-state index contributed by atoms with van der Waals surface area (Å²) < 4.78 is 0. The number of aromatic nitrogens is 2. The van der Waals surface area contributed by atoms with Crippen molar-refractivity contribution >= 4 is 28.2 Å². The van der Waals surface area contributed by atoms with E-state index in [1.54, 1.807) is 18.5 Å². The third-order valence-electron chi connectivity index (χ3n) is 4.36. The van der Waals surface area contributed by atoms with E-state index in [1.165, 1.54) is 5.56 Å². The fourth-order valence-corrected chi connectivity index (χ4v) is 3.23. The van der Waals surface area contributed by atoms with Crippen molar-refractivity contribution in [2.24, 2.45) is 0 Å². The van der Waals surface area contributed by atoms with Gasteiger partial charge in [-0.3, -0.25) is 9.78 Å². The Bertz CT molecular complexity index is 959. The molecule has 4 N–H and O–H groups in total. The minimum Gasteiger partial charge on any atom is -0.353 e. The molecule has 126 valence electrons. The molecule has 0 unspecified atom stereocenters. The number of H-pyrrole nitrogens is 1. The second-order valence-corrected chi connectivity index (χ2v) is 5.97. The summed E-state index contributed by atoms with van der Waals surface area (Å²) in [6.07, 6.45) is 7.41. The predicted octanol–water partition coefficient (Wildman–Crippen LogP) is 2.83. The van der Waals surface area contributed by atoms with Crippen LogP contribution in [0.25, 0.3) is 16.6 Å². The van der Waals surface area contributed by atoms with Crippen molar-refractivity contribution in [1.82, 2.24) is 20.8 Å². The van der Waals surface area contributed by atoms with Crippen LogP contribution in [0.15, 0.2) is 48.8 Å². The number of pyridine rings is 1. The van der Waals surface area contributed by atoms with Crippen molar-refractivity contribution in [3.63, 3.8) is 0 Å². The number of hydrogen-bond donors (Lipinski definition) is 4. The van der Waals surface area contributed by atoms with Gasteiger partial charge in [-0.15, -0.1) is 0 Å². The molecule has 6 nitrogen and oxygen atoms in total. The number of nitrogens with zero attached hydrogens (tertiary/aromatic N) is 1. The summed E-state index contributed by atoms with van der Waals surface area (Å²) >= 11 is 0. The van der Waals surface area contributed by atoms with Gasteiger partial charge in [0.2, 0.25) is 0 Å². The van der Waals surface area contributed by atoms with E-state index in [2.05, 4.69) is 32.2 Å². The smallest absolute Gasteiger partial charge is 0.255 e. The average molecular weight is 333 g/mol. The molecule has 0 aliphatic heterocycles. The highest BCUT2D eigenvalue weighted by atomic mass is 16.1. The van der Waals surface area contributed by atoms with Crippen LogP contribution >= 0.6 is 0 Å². The third kappa shape index (κ3) is 2.88. The van der Waals surface area contributed by atoms with Crippen LogP contribution in [-0.4, -0.2) is 22.9 Å². The summed E-state index contributed by atoms with van der Waals surface area (Å²) in [5, 5.41) is 3.97. The molecule has 25 heavy (non-hydrogen) atoms. The Morgan fingerprint density at radius 2 is 2.20 bits per heavy atom. The van der Waals surface area contributed by atoms with Gasteiger partial charge in [-0.1, -0.05) is 6.08 Å². The lowest BCUT2D eigenvalue weighted by Crippen LogP contribution is -2.27. The van der Waals surface area contributed by atoms with Gasteiger partial charge >= 0.3 is 0 Å². The van der Waals surface area contributed by atoms with Gasteiger partial charge in [0.1, 0.15) is 0 Å². The molecule has 0 saturated carbocycles. The maximum atomic E-state index is 12.5. The number of aromatic amines is 1. The number of aryl methyl sites for hydroxylation is 1. The first-order chi connectivity index (χ1) is 12.3. The van der Waals surface area contributed by atoms with Crippen LogP contribution < -0.4 is 16.2 Å². The van der Waals surface area contributed by atoms with E-state index in [4.69, 9.17) is 0 Å². The number of nitrogens with one attached hydrogen (secondary N) is 4. The molecule has 0 spiro atoms. The van der Waals surface area contributed by atoms with Crippen LogP contribution in [0.3, 0.4) is 0 Å². The number of benzene rings is 1. The first kappa shape index (κ1) is 15.4. The number of hydrogen-bond acceptors (Lipinski definition) is 4.